The highest BCUT2D eigenvalue weighted by atomic mass is 32.1. The van der Waals surface area contributed by atoms with E-state index in [1.165, 1.54) is 0 Å². The van der Waals surface area contributed by atoms with Gasteiger partial charge in [-0.15, -0.1) is 11.3 Å². The van der Waals surface area contributed by atoms with Crippen LogP contribution in [0.25, 0.3) is 0 Å². The molecule has 1 aromatic heterocycles. The molecule has 2 atom stereocenters. The van der Waals surface area contributed by atoms with Gasteiger partial charge in [-0.2, -0.15) is 0 Å². The summed E-state index contributed by atoms with van der Waals surface area (Å²) in [6, 6.07) is 0.464. The number of hydrogen-bond acceptors (Lipinski definition) is 4. The molecule has 0 bridgehead atoms. The summed E-state index contributed by atoms with van der Waals surface area (Å²) < 4.78 is 0. The summed E-state index contributed by atoms with van der Waals surface area (Å²) in [5, 5.41) is 2.96. The third-order valence-electron chi connectivity index (χ3n) is 3.57. The molecule has 1 aliphatic heterocycles. The molecule has 1 aromatic rings. The van der Waals surface area contributed by atoms with Crippen LogP contribution in [0.1, 0.15) is 43.2 Å². The topological polar surface area (TPSA) is 59.2 Å². The van der Waals surface area contributed by atoms with Crippen LogP contribution in [0.5, 0.6) is 0 Å². The van der Waals surface area contributed by atoms with Crippen molar-refractivity contribution < 1.29 is 4.79 Å². The molecule has 4 nitrogen and oxygen atoms in total. The summed E-state index contributed by atoms with van der Waals surface area (Å²) in [7, 11) is 0. The summed E-state index contributed by atoms with van der Waals surface area (Å²) in [6.45, 7) is 0. The fraction of sp³-hybridized carbons (Fsp3) is 0.667. The number of rotatable bonds is 2. The van der Waals surface area contributed by atoms with Crippen molar-refractivity contribution in [2.75, 3.05) is 0 Å². The highest BCUT2D eigenvalue weighted by Gasteiger charge is 2.42. The van der Waals surface area contributed by atoms with Crippen LogP contribution in [0.15, 0.2) is 11.6 Å². The maximum absolute atomic E-state index is 12.2. The molecule has 2 heterocycles. The van der Waals surface area contributed by atoms with Crippen molar-refractivity contribution in [3.63, 3.8) is 0 Å². The van der Waals surface area contributed by atoms with Gasteiger partial charge in [0.2, 0.25) is 5.91 Å². The quantitative estimate of drug-likeness (QED) is 0.870. The SMILES string of the molecule is NC1CCCC(=O)N(C2CC2)C1c1nccs1. The van der Waals surface area contributed by atoms with Gasteiger partial charge in [-0.1, -0.05) is 0 Å². The van der Waals surface area contributed by atoms with Gasteiger partial charge in [-0.3, -0.25) is 4.79 Å². The van der Waals surface area contributed by atoms with Gasteiger partial charge in [0, 0.05) is 30.1 Å². The van der Waals surface area contributed by atoms with Crippen molar-refractivity contribution in [3.05, 3.63) is 16.6 Å². The number of likely N-dealkylation sites (tertiary alicyclic amines) is 1. The van der Waals surface area contributed by atoms with E-state index in [9.17, 15) is 4.79 Å². The first-order chi connectivity index (χ1) is 8.27. The number of carbonyl (C=O) groups is 1. The number of nitrogens with zero attached hydrogens (tertiary/aromatic N) is 2. The number of carbonyl (C=O) groups excluding carboxylic acids is 1. The van der Waals surface area contributed by atoms with Gasteiger partial charge in [0.25, 0.3) is 0 Å². The van der Waals surface area contributed by atoms with Crippen molar-refractivity contribution in [2.24, 2.45) is 5.73 Å². The number of aromatic nitrogens is 1. The second-order valence-electron chi connectivity index (χ2n) is 4.90. The van der Waals surface area contributed by atoms with Crippen molar-refractivity contribution >= 4 is 17.2 Å². The van der Waals surface area contributed by atoms with Gasteiger partial charge in [0.1, 0.15) is 5.01 Å². The van der Waals surface area contributed by atoms with Crippen LogP contribution < -0.4 is 5.73 Å². The molecule has 0 aromatic carbocycles. The van der Waals surface area contributed by atoms with E-state index in [2.05, 4.69) is 4.98 Å². The Morgan fingerprint density at radius 2 is 2.24 bits per heavy atom. The summed E-state index contributed by atoms with van der Waals surface area (Å²) in [4.78, 5) is 18.6. The van der Waals surface area contributed by atoms with Crippen LogP contribution in [-0.4, -0.2) is 27.9 Å². The fourth-order valence-corrected chi connectivity index (χ4v) is 3.41. The van der Waals surface area contributed by atoms with Crippen LogP contribution >= 0.6 is 11.3 Å². The van der Waals surface area contributed by atoms with Gasteiger partial charge in [0.05, 0.1) is 6.04 Å². The number of hydrogen-bond donors (Lipinski definition) is 1. The monoisotopic (exact) mass is 251 g/mol. The van der Waals surface area contributed by atoms with Crippen molar-refractivity contribution in [2.45, 2.75) is 50.2 Å². The first-order valence-electron chi connectivity index (χ1n) is 6.23. The van der Waals surface area contributed by atoms with E-state index in [1.54, 1.807) is 17.5 Å². The highest BCUT2D eigenvalue weighted by molar-refractivity contribution is 7.09. The summed E-state index contributed by atoms with van der Waals surface area (Å²) >= 11 is 1.61. The molecule has 1 amide bonds. The van der Waals surface area contributed by atoms with E-state index in [1.807, 2.05) is 10.3 Å². The average Bonchev–Trinajstić information content (AvgIpc) is 3.02. The molecular formula is C12H17N3OS. The number of amides is 1. The maximum Gasteiger partial charge on any atom is 0.223 e. The van der Waals surface area contributed by atoms with Crippen molar-refractivity contribution in [3.8, 4) is 0 Å². The minimum absolute atomic E-state index is 0.0116. The lowest BCUT2D eigenvalue weighted by molar-refractivity contribution is -0.133. The third kappa shape index (κ3) is 2.09. The Hall–Kier alpha value is -0.940. The van der Waals surface area contributed by atoms with Gasteiger partial charge < -0.3 is 10.6 Å². The van der Waals surface area contributed by atoms with Crippen molar-refractivity contribution in [1.82, 2.24) is 9.88 Å². The predicted octanol–water partition coefficient (Wildman–Crippen LogP) is 1.69. The number of nitrogens with two attached hydrogens (primary N) is 1. The first-order valence-corrected chi connectivity index (χ1v) is 7.11. The summed E-state index contributed by atoms with van der Waals surface area (Å²) in [5.41, 5.74) is 6.26. The van der Waals surface area contributed by atoms with E-state index in [0.717, 1.165) is 30.7 Å². The Labute approximate surface area is 105 Å². The number of thiazole rings is 1. The lowest BCUT2D eigenvalue weighted by atomic mass is 10.0. The Kier molecular flexibility index (Phi) is 2.88. The van der Waals surface area contributed by atoms with Gasteiger partial charge in [-0.05, 0) is 25.7 Å². The predicted molar refractivity (Wildman–Crippen MR) is 66.5 cm³/mol. The highest BCUT2D eigenvalue weighted by Crippen LogP contribution is 2.39. The Balaban J connectivity index is 1.95. The molecule has 17 heavy (non-hydrogen) atoms. The second-order valence-corrected chi connectivity index (χ2v) is 5.83. The smallest absolute Gasteiger partial charge is 0.223 e. The largest absolute Gasteiger partial charge is 0.329 e. The van der Waals surface area contributed by atoms with E-state index in [4.69, 9.17) is 5.73 Å². The minimum Gasteiger partial charge on any atom is -0.329 e. The molecule has 2 aliphatic rings. The van der Waals surface area contributed by atoms with Crippen LogP contribution in [-0.2, 0) is 4.79 Å². The molecule has 0 spiro atoms. The Morgan fingerprint density at radius 1 is 1.41 bits per heavy atom. The normalized spacial score (nSPS) is 30.4. The van der Waals surface area contributed by atoms with Gasteiger partial charge in [-0.25, -0.2) is 4.98 Å². The standard InChI is InChI=1S/C12H17N3OS/c13-9-2-1-3-10(16)15(8-4-5-8)11(9)12-14-6-7-17-12/h6-9,11H,1-5,13H2. The van der Waals surface area contributed by atoms with Crippen LogP contribution in [0, 0.1) is 0 Å². The lowest BCUT2D eigenvalue weighted by Crippen LogP contribution is -2.43. The molecule has 1 aliphatic carbocycles. The molecule has 5 heteroatoms. The average molecular weight is 251 g/mol. The van der Waals surface area contributed by atoms with E-state index < -0.39 is 0 Å². The minimum atomic E-state index is 0.0116. The Bertz CT molecular complexity index is 402. The van der Waals surface area contributed by atoms with Gasteiger partial charge in [0.15, 0.2) is 0 Å². The summed E-state index contributed by atoms with van der Waals surface area (Å²) in [6.07, 6.45) is 6.52. The van der Waals surface area contributed by atoms with Gasteiger partial charge >= 0.3 is 0 Å². The zero-order chi connectivity index (χ0) is 11.8. The Morgan fingerprint density at radius 3 is 2.88 bits per heavy atom. The second kappa shape index (κ2) is 4.38. The van der Waals surface area contributed by atoms with E-state index in [0.29, 0.717) is 12.5 Å². The molecule has 2 fully saturated rings. The fourth-order valence-electron chi connectivity index (χ4n) is 2.60. The zero-order valence-electron chi connectivity index (χ0n) is 9.71. The molecule has 3 rings (SSSR count). The van der Waals surface area contributed by atoms with Crippen LogP contribution in [0.2, 0.25) is 0 Å². The molecule has 1 saturated carbocycles. The zero-order valence-corrected chi connectivity index (χ0v) is 10.5. The molecule has 1 saturated heterocycles. The van der Waals surface area contributed by atoms with E-state index in [-0.39, 0.29) is 18.0 Å². The molecule has 92 valence electrons. The summed E-state index contributed by atoms with van der Waals surface area (Å²) in [5.74, 6) is 0.264. The van der Waals surface area contributed by atoms with Crippen molar-refractivity contribution in [1.29, 1.82) is 0 Å². The lowest BCUT2D eigenvalue weighted by Gasteiger charge is -2.32. The first kappa shape index (κ1) is 11.2. The molecule has 2 N–H and O–H groups in total. The van der Waals surface area contributed by atoms with Crippen LogP contribution in [0.4, 0.5) is 0 Å². The van der Waals surface area contributed by atoms with Crippen LogP contribution in [0.3, 0.4) is 0 Å². The molecule has 2 unspecified atom stereocenters. The third-order valence-corrected chi connectivity index (χ3v) is 4.41. The van der Waals surface area contributed by atoms with E-state index >= 15 is 0 Å². The maximum atomic E-state index is 12.2. The molecule has 0 radical (unpaired) electrons. The molecular weight excluding hydrogens is 234 g/mol.